The van der Waals surface area contributed by atoms with Gasteiger partial charge in [0, 0.05) is 51.9 Å². The van der Waals surface area contributed by atoms with Crippen LogP contribution in [0.4, 0.5) is 0 Å². The molecule has 3 aliphatic rings. The minimum atomic E-state index is 0. The Morgan fingerprint density at radius 1 is 1.22 bits per heavy atom. The van der Waals surface area contributed by atoms with Crippen molar-refractivity contribution in [2.24, 2.45) is 4.99 Å². The highest BCUT2D eigenvalue weighted by atomic mass is 127. The number of piperazine rings is 3. The first kappa shape index (κ1) is 22.2. The fraction of sp³-hybridized carbons (Fsp3) is 0.650. The van der Waals surface area contributed by atoms with Gasteiger partial charge in [-0.15, -0.1) is 24.0 Å². The normalized spacial score (nSPS) is 24.3. The van der Waals surface area contributed by atoms with Crippen LogP contribution in [-0.2, 0) is 6.42 Å². The van der Waals surface area contributed by atoms with E-state index < -0.39 is 0 Å². The van der Waals surface area contributed by atoms with E-state index in [-0.39, 0.29) is 24.0 Å². The summed E-state index contributed by atoms with van der Waals surface area (Å²) in [6, 6.07) is 6.98. The van der Waals surface area contributed by atoms with Gasteiger partial charge in [-0.3, -0.25) is 14.8 Å². The molecule has 2 bridgehead atoms. The topological polar surface area (TPSA) is 52.1 Å². The summed E-state index contributed by atoms with van der Waals surface area (Å²) in [4.78, 5) is 9.99. The van der Waals surface area contributed by atoms with Gasteiger partial charge in [0.05, 0.1) is 13.7 Å². The van der Waals surface area contributed by atoms with Crippen molar-refractivity contribution in [1.82, 2.24) is 20.4 Å². The van der Waals surface area contributed by atoms with Crippen LogP contribution in [0.1, 0.15) is 18.1 Å². The largest absolute Gasteiger partial charge is 0.496 e. The Morgan fingerprint density at radius 3 is 2.63 bits per heavy atom. The Hall–Kier alpha value is -1.06. The Labute approximate surface area is 180 Å². The maximum absolute atomic E-state index is 5.42. The second-order valence-electron chi connectivity index (χ2n) is 7.19. The van der Waals surface area contributed by atoms with Gasteiger partial charge in [-0.2, -0.15) is 0 Å². The maximum Gasteiger partial charge on any atom is 0.191 e. The number of aryl methyl sites for hydroxylation is 1. The van der Waals surface area contributed by atoms with Gasteiger partial charge in [0.15, 0.2) is 5.96 Å². The highest BCUT2D eigenvalue weighted by Crippen LogP contribution is 2.19. The van der Waals surface area contributed by atoms with Crippen molar-refractivity contribution in [2.75, 3.05) is 59.5 Å². The highest BCUT2D eigenvalue weighted by Gasteiger charge is 2.31. The van der Waals surface area contributed by atoms with Crippen LogP contribution in [0.25, 0.3) is 0 Å². The van der Waals surface area contributed by atoms with Crippen LogP contribution in [0, 0.1) is 6.92 Å². The third-order valence-electron chi connectivity index (χ3n) is 5.38. The van der Waals surface area contributed by atoms with Crippen molar-refractivity contribution < 1.29 is 4.74 Å². The number of benzene rings is 1. The second-order valence-corrected chi connectivity index (χ2v) is 7.19. The van der Waals surface area contributed by atoms with E-state index in [9.17, 15) is 0 Å². The molecular weight excluding hydrogens is 453 g/mol. The molecule has 4 rings (SSSR count). The van der Waals surface area contributed by atoms with Crippen LogP contribution in [0.5, 0.6) is 5.75 Å². The Balaban J connectivity index is 0.00000261. The molecule has 0 spiro atoms. The van der Waals surface area contributed by atoms with Gasteiger partial charge in [0.2, 0.25) is 0 Å². The number of halogens is 1. The molecule has 1 aromatic rings. The number of aliphatic imine (C=N–C) groups is 1. The quantitative estimate of drug-likeness (QED) is 0.349. The summed E-state index contributed by atoms with van der Waals surface area (Å²) in [5, 5.41) is 6.84. The van der Waals surface area contributed by atoms with Crippen LogP contribution < -0.4 is 15.4 Å². The molecule has 1 unspecified atom stereocenters. The molecule has 1 aromatic carbocycles. The molecule has 6 nitrogen and oxygen atoms in total. The molecule has 3 fully saturated rings. The predicted molar refractivity (Wildman–Crippen MR) is 123 cm³/mol. The van der Waals surface area contributed by atoms with Crippen molar-refractivity contribution in [3.63, 3.8) is 0 Å². The summed E-state index contributed by atoms with van der Waals surface area (Å²) in [6.45, 7) is 12.8. The van der Waals surface area contributed by atoms with Gasteiger partial charge >= 0.3 is 0 Å². The number of nitrogens with zero attached hydrogens (tertiary/aromatic N) is 3. The minimum absolute atomic E-state index is 0. The number of ether oxygens (including phenoxy) is 1. The summed E-state index contributed by atoms with van der Waals surface area (Å²) in [6.07, 6.45) is 0.949. The van der Waals surface area contributed by atoms with Crippen molar-refractivity contribution >= 4 is 29.9 Å². The van der Waals surface area contributed by atoms with Crippen molar-refractivity contribution in [1.29, 1.82) is 0 Å². The van der Waals surface area contributed by atoms with Gasteiger partial charge in [-0.25, -0.2) is 0 Å². The van der Waals surface area contributed by atoms with E-state index >= 15 is 0 Å². The molecule has 3 saturated heterocycles. The predicted octanol–water partition coefficient (Wildman–Crippen LogP) is 1.72. The van der Waals surface area contributed by atoms with E-state index in [0.717, 1.165) is 44.3 Å². The van der Waals surface area contributed by atoms with E-state index in [2.05, 4.69) is 52.5 Å². The first-order valence-electron chi connectivity index (χ1n) is 9.81. The van der Waals surface area contributed by atoms with E-state index in [1.165, 1.54) is 37.3 Å². The Kier molecular flexibility index (Phi) is 9.11. The van der Waals surface area contributed by atoms with Crippen LogP contribution >= 0.6 is 24.0 Å². The summed E-state index contributed by atoms with van der Waals surface area (Å²) in [7, 11) is 1.73. The molecule has 0 aliphatic carbocycles. The van der Waals surface area contributed by atoms with Crippen molar-refractivity contribution in [3.8, 4) is 5.75 Å². The summed E-state index contributed by atoms with van der Waals surface area (Å²) in [5.74, 6) is 1.88. The minimum Gasteiger partial charge on any atom is -0.496 e. The highest BCUT2D eigenvalue weighted by molar-refractivity contribution is 14.0. The maximum atomic E-state index is 5.42. The van der Waals surface area contributed by atoms with Crippen LogP contribution in [-0.4, -0.2) is 81.3 Å². The number of methoxy groups -OCH3 is 1. The zero-order chi connectivity index (χ0) is 18.4. The lowest BCUT2D eigenvalue weighted by atomic mass is 10.1. The average molecular weight is 487 g/mol. The summed E-state index contributed by atoms with van der Waals surface area (Å²) in [5.41, 5.74) is 2.45. The summed E-state index contributed by atoms with van der Waals surface area (Å²) < 4.78 is 5.42. The smallest absolute Gasteiger partial charge is 0.191 e. The average Bonchev–Trinajstić information content (AvgIpc) is 2.68. The van der Waals surface area contributed by atoms with Crippen molar-refractivity contribution in [3.05, 3.63) is 29.3 Å². The van der Waals surface area contributed by atoms with Gasteiger partial charge in [0.1, 0.15) is 5.75 Å². The van der Waals surface area contributed by atoms with Crippen LogP contribution in [0.15, 0.2) is 23.2 Å². The Morgan fingerprint density at radius 2 is 2.00 bits per heavy atom. The first-order chi connectivity index (χ1) is 12.7. The molecule has 3 aliphatic heterocycles. The van der Waals surface area contributed by atoms with Gasteiger partial charge in [-0.1, -0.05) is 12.1 Å². The standard InChI is InChI=1S/C20H33N5O.HI/c1-4-21-20(23-14-18-15-24-9-11-25(18)12-10-24)22-8-7-17-6-5-16(2)19(13-17)26-3;/h5-6,13,18H,4,7-12,14-15H2,1-3H3,(H2,21,22,23);1H. The third kappa shape index (κ3) is 6.22. The molecule has 0 radical (unpaired) electrons. The zero-order valence-electron chi connectivity index (χ0n) is 16.8. The molecule has 1 atom stereocenters. The van der Waals surface area contributed by atoms with Gasteiger partial charge in [-0.05, 0) is 37.5 Å². The van der Waals surface area contributed by atoms with Crippen LogP contribution in [0.2, 0.25) is 0 Å². The first-order valence-corrected chi connectivity index (χ1v) is 9.81. The second kappa shape index (κ2) is 11.1. The monoisotopic (exact) mass is 487 g/mol. The number of hydrogen-bond acceptors (Lipinski definition) is 4. The molecule has 2 N–H and O–H groups in total. The SMILES string of the molecule is CCNC(=NCC1CN2CCN1CC2)NCCc1ccc(C)c(OC)c1.I. The Bertz CT molecular complexity index is 616. The molecule has 3 heterocycles. The van der Waals surface area contributed by atoms with E-state index in [1.54, 1.807) is 7.11 Å². The number of rotatable bonds is 7. The number of nitrogens with one attached hydrogen (secondary N) is 2. The fourth-order valence-electron chi connectivity index (χ4n) is 3.78. The van der Waals surface area contributed by atoms with Gasteiger partial charge in [0.25, 0.3) is 0 Å². The van der Waals surface area contributed by atoms with E-state index in [4.69, 9.17) is 9.73 Å². The zero-order valence-corrected chi connectivity index (χ0v) is 19.2. The number of hydrogen-bond donors (Lipinski definition) is 2. The molecule has 0 aromatic heterocycles. The molecule has 7 heteroatoms. The molecule has 27 heavy (non-hydrogen) atoms. The van der Waals surface area contributed by atoms with E-state index in [0.29, 0.717) is 6.04 Å². The van der Waals surface area contributed by atoms with Crippen LogP contribution in [0.3, 0.4) is 0 Å². The molecule has 152 valence electrons. The number of guanidine groups is 1. The van der Waals surface area contributed by atoms with E-state index in [1.807, 2.05) is 0 Å². The lowest BCUT2D eigenvalue weighted by Gasteiger charge is -2.47. The molecule has 0 amide bonds. The molecule has 0 saturated carbocycles. The fourth-order valence-corrected chi connectivity index (χ4v) is 3.78. The van der Waals surface area contributed by atoms with Gasteiger partial charge < -0.3 is 15.4 Å². The third-order valence-corrected chi connectivity index (χ3v) is 5.38. The lowest BCUT2D eigenvalue weighted by molar-refractivity contribution is 0.0174. The van der Waals surface area contributed by atoms with Crippen molar-refractivity contribution in [2.45, 2.75) is 26.3 Å². The molecular formula is C20H34IN5O. The summed E-state index contributed by atoms with van der Waals surface area (Å²) >= 11 is 0. The number of fused-ring (bicyclic) bond motifs is 3. The lowest BCUT2D eigenvalue weighted by Crippen LogP contribution is -2.62.